The average Bonchev–Trinajstić information content (AvgIpc) is 3.40. The van der Waals surface area contributed by atoms with Crippen molar-refractivity contribution < 1.29 is 9.90 Å². The molecule has 3 aromatic carbocycles. The van der Waals surface area contributed by atoms with Gasteiger partial charge in [-0.15, -0.1) is 0 Å². The summed E-state index contributed by atoms with van der Waals surface area (Å²) in [5.74, 6) is -0.966. The van der Waals surface area contributed by atoms with Crippen LogP contribution in [0.4, 0.5) is 0 Å². The molecule has 6 nitrogen and oxygen atoms in total. The van der Waals surface area contributed by atoms with Gasteiger partial charge in [0.1, 0.15) is 6.33 Å². The zero-order valence-electron chi connectivity index (χ0n) is 19.7. The molecule has 0 fully saturated rings. The molecule has 0 saturated carbocycles. The summed E-state index contributed by atoms with van der Waals surface area (Å²) in [6.45, 7) is 2.16. The predicted molar refractivity (Wildman–Crippen MR) is 143 cm³/mol. The van der Waals surface area contributed by atoms with Crippen LogP contribution in [0.3, 0.4) is 0 Å². The highest BCUT2D eigenvalue weighted by Gasteiger charge is 2.14. The van der Waals surface area contributed by atoms with E-state index in [9.17, 15) is 4.79 Å². The molecule has 176 valence electrons. The number of carboxylic acids is 1. The molecule has 0 spiro atoms. The Kier molecular flexibility index (Phi) is 6.49. The van der Waals surface area contributed by atoms with Gasteiger partial charge in [0.05, 0.1) is 11.7 Å². The molecule has 36 heavy (non-hydrogen) atoms. The van der Waals surface area contributed by atoms with E-state index in [4.69, 9.17) is 5.11 Å². The third-order valence-electron chi connectivity index (χ3n) is 6.13. The van der Waals surface area contributed by atoms with Crippen molar-refractivity contribution in [2.24, 2.45) is 0 Å². The Morgan fingerprint density at radius 3 is 2.25 bits per heavy atom. The van der Waals surface area contributed by atoms with E-state index in [2.05, 4.69) is 63.5 Å². The first kappa shape index (κ1) is 22.9. The van der Waals surface area contributed by atoms with Gasteiger partial charge in [0, 0.05) is 29.4 Å². The van der Waals surface area contributed by atoms with E-state index in [1.54, 1.807) is 6.08 Å². The topological polar surface area (TPSA) is 91.8 Å². The molecule has 0 amide bonds. The van der Waals surface area contributed by atoms with Crippen molar-refractivity contribution in [3.05, 3.63) is 120 Å². The maximum atomic E-state index is 10.9. The van der Waals surface area contributed by atoms with Crippen LogP contribution in [-0.4, -0.2) is 31.2 Å². The first-order chi connectivity index (χ1) is 17.6. The zero-order valence-corrected chi connectivity index (χ0v) is 19.7. The van der Waals surface area contributed by atoms with E-state index < -0.39 is 5.97 Å². The maximum absolute atomic E-state index is 10.9. The molecule has 2 aromatic heterocycles. The van der Waals surface area contributed by atoms with Gasteiger partial charge in [-0.25, -0.2) is 14.8 Å². The molecule has 2 N–H and O–H groups in total. The number of nitrogens with one attached hydrogen (secondary N) is 1. The standard InChI is InChI=1S/C30H24N4O2/c1-2-27(22-10-8-21(9-11-22)26-16-31-19-32-17-26)30(24-12-13-28-25(15-24)18-33-34-28)23-6-3-20(4-7-23)5-14-29(35)36/h3-19H,2H2,1H3,(H,33,34)(H,35,36)/b14-5+,30-27?. The van der Waals surface area contributed by atoms with E-state index >= 15 is 0 Å². The molecular formula is C30H24N4O2. The zero-order chi connectivity index (χ0) is 24.9. The Morgan fingerprint density at radius 1 is 0.861 bits per heavy atom. The molecule has 0 saturated heterocycles. The van der Waals surface area contributed by atoms with Crippen molar-refractivity contribution in [1.29, 1.82) is 0 Å². The molecule has 2 heterocycles. The number of nitrogens with zero attached hydrogens (tertiary/aromatic N) is 3. The van der Waals surface area contributed by atoms with Gasteiger partial charge in [-0.3, -0.25) is 5.10 Å². The normalized spacial score (nSPS) is 12.1. The number of H-pyrrole nitrogens is 1. The van der Waals surface area contributed by atoms with Gasteiger partial charge in [-0.05, 0) is 63.6 Å². The van der Waals surface area contributed by atoms with Crippen LogP contribution in [0.1, 0.15) is 35.6 Å². The number of hydrogen-bond donors (Lipinski definition) is 2. The number of carbonyl (C=O) groups is 1. The number of hydrogen-bond acceptors (Lipinski definition) is 4. The minimum atomic E-state index is -0.966. The van der Waals surface area contributed by atoms with Crippen molar-refractivity contribution in [1.82, 2.24) is 20.2 Å². The number of allylic oxidation sites excluding steroid dienone is 1. The highest BCUT2D eigenvalue weighted by molar-refractivity contribution is 6.00. The Hall–Kier alpha value is -4.84. The molecule has 0 radical (unpaired) electrons. The molecule has 6 heteroatoms. The van der Waals surface area contributed by atoms with Gasteiger partial charge < -0.3 is 5.11 Å². The minimum absolute atomic E-state index is 0.827. The number of fused-ring (bicyclic) bond motifs is 1. The molecule has 0 aliphatic carbocycles. The van der Waals surface area contributed by atoms with Crippen LogP contribution < -0.4 is 0 Å². The first-order valence-electron chi connectivity index (χ1n) is 11.7. The van der Waals surface area contributed by atoms with E-state index in [1.165, 1.54) is 11.9 Å². The van der Waals surface area contributed by atoms with Crippen molar-refractivity contribution in [3.8, 4) is 11.1 Å². The number of rotatable bonds is 7. The second kappa shape index (κ2) is 10.2. The van der Waals surface area contributed by atoms with Crippen LogP contribution in [-0.2, 0) is 4.79 Å². The van der Waals surface area contributed by atoms with E-state index in [-0.39, 0.29) is 0 Å². The molecule has 0 aliphatic rings. The van der Waals surface area contributed by atoms with E-state index in [0.29, 0.717) is 0 Å². The SMILES string of the molecule is CCC(=C(c1ccc(/C=C/C(=O)O)cc1)c1ccc2[nH]ncc2c1)c1ccc(-c2cncnc2)cc1. The Bertz CT molecular complexity index is 1570. The summed E-state index contributed by atoms with van der Waals surface area (Å²) in [5, 5.41) is 17.2. The summed E-state index contributed by atoms with van der Waals surface area (Å²) in [7, 11) is 0. The highest BCUT2D eigenvalue weighted by Crippen LogP contribution is 2.36. The van der Waals surface area contributed by atoms with Gasteiger partial charge in [0.25, 0.3) is 0 Å². The quantitative estimate of drug-likeness (QED) is 0.209. The summed E-state index contributed by atoms with van der Waals surface area (Å²) in [4.78, 5) is 19.2. The van der Waals surface area contributed by atoms with Gasteiger partial charge >= 0.3 is 5.97 Å². The smallest absolute Gasteiger partial charge is 0.328 e. The lowest BCUT2D eigenvalue weighted by Crippen LogP contribution is -1.96. The number of aromatic amines is 1. The Morgan fingerprint density at radius 2 is 1.56 bits per heavy atom. The molecule has 0 aliphatic heterocycles. The van der Waals surface area contributed by atoms with Gasteiger partial charge in [0.2, 0.25) is 0 Å². The number of carboxylic acid groups (broad SMARTS) is 1. The molecular weight excluding hydrogens is 448 g/mol. The molecule has 0 atom stereocenters. The van der Waals surface area contributed by atoms with Crippen LogP contribution in [0.15, 0.2) is 97.7 Å². The summed E-state index contributed by atoms with van der Waals surface area (Å²) < 4.78 is 0. The van der Waals surface area contributed by atoms with Crippen molar-refractivity contribution in [2.75, 3.05) is 0 Å². The van der Waals surface area contributed by atoms with Crippen molar-refractivity contribution >= 4 is 34.1 Å². The fraction of sp³-hybridized carbons (Fsp3) is 0.0667. The molecule has 5 rings (SSSR count). The summed E-state index contributed by atoms with van der Waals surface area (Å²) >= 11 is 0. The second-order valence-corrected chi connectivity index (χ2v) is 8.38. The fourth-order valence-electron chi connectivity index (χ4n) is 4.38. The van der Waals surface area contributed by atoms with Crippen LogP contribution in [0, 0.1) is 0 Å². The number of aromatic nitrogens is 4. The largest absolute Gasteiger partial charge is 0.478 e. The molecule has 5 aromatic rings. The second-order valence-electron chi connectivity index (χ2n) is 8.38. The van der Waals surface area contributed by atoms with Crippen LogP contribution in [0.25, 0.3) is 39.3 Å². The predicted octanol–water partition coefficient (Wildman–Crippen LogP) is 6.49. The first-order valence-corrected chi connectivity index (χ1v) is 11.7. The van der Waals surface area contributed by atoms with E-state index in [1.807, 2.05) is 48.9 Å². The monoisotopic (exact) mass is 472 g/mol. The Balaban J connectivity index is 1.64. The third-order valence-corrected chi connectivity index (χ3v) is 6.13. The molecule has 0 unspecified atom stereocenters. The fourth-order valence-corrected chi connectivity index (χ4v) is 4.38. The van der Waals surface area contributed by atoms with Crippen LogP contribution >= 0.6 is 0 Å². The summed E-state index contributed by atoms with van der Waals surface area (Å²) in [6.07, 6.45) is 10.6. The van der Waals surface area contributed by atoms with Crippen molar-refractivity contribution in [3.63, 3.8) is 0 Å². The van der Waals surface area contributed by atoms with Crippen molar-refractivity contribution in [2.45, 2.75) is 13.3 Å². The lowest BCUT2D eigenvalue weighted by Gasteiger charge is -2.17. The number of benzene rings is 3. The van der Waals surface area contributed by atoms with Crippen LogP contribution in [0.5, 0.6) is 0 Å². The van der Waals surface area contributed by atoms with Gasteiger partial charge in [-0.1, -0.05) is 61.5 Å². The average molecular weight is 473 g/mol. The molecule has 0 bridgehead atoms. The van der Waals surface area contributed by atoms with Gasteiger partial charge in [0.15, 0.2) is 0 Å². The lowest BCUT2D eigenvalue weighted by molar-refractivity contribution is -0.131. The summed E-state index contributed by atoms with van der Waals surface area (Å²) in [5.41, 5.74) is 9.48. The number of aliphatic carboxylic acids is 1. The summed E-state index contributed by atoms with van der Waals surface area (Å²) in [6, 6.07) is 22.8. The van der Waals surface area contributed by atoms with Gasteiger partial charge in [-0.2, -0.15) is 5.10 Å². The Labute approximate surface area is 208 Å². The lowest BCUT2D eigenvalue weighted by atomic mass is 9.87. The van der Waals surface area contributed by atoms with Crippen LogP contribution in [0.2, 0.25) is 0 Å². The maximum Gasteiger partial charge on any atom is 0.328 e. The minimum Gasteiger partial charge on any atom is -0.478 e. The highest BCUT2D eigenvalue weighted by atomic mass is 16.4. The third kappa shape index (κ3) is 4.83. The van der Waals surface area contributed by atoms with E-state index in [0.717, 1.165) is 62.4 Å².